The minimum Gasteiger partial charge on any atom is -0.493 e. The van der Waals surface area contributed by atoms with Crippen molar-refractivity contribution in [2.24, 2.45) is 0 Å². The van der Waals surface area contributed by atoms with Gasteiger partial charge >= 0.3 is 0 Å². The molecule has 0 aliphatic rings. The Kier molecular flexibility index (Phi) is 6.11. The number of hydrogen-bond donors (Lipinski definition) is 2. The van der Waals surface area contributed by atoms with Crippen molar-refractivity contribution in [2.75, 3.05) is 27.4 Å². The van der Waals surface area contributed by atoms with Gasteiger partial charge in [0.2, 0.25) is 0 Å². The lowest BCUT2D eigenvalue weighted by Gasteiger charge is -2.12. The van der Waals surface area contributed by atoms with Crippen LogP contribution in [0.25, 0.3) is 0 Å². The minimum absolute atomic E-state index is 0.194. The smallest absolute Gasteiger partial charge is 0.179 e. The maximum absolute atomic E-state index is 8.66. The number of aliphatic hydroxyl groups is 1. The van der Waals surface area contributed by atoms with Crippen LogP contribution in [0.2, 0.25) is 5.02 Å². The van der Waals surface area contributed by atoms with Crippen molar-refractivity contribution in [1.82, 2.24) is 5.32 Å². The summed E-state index contributed by atoms with van der Waals surface area (Å²) in [6.45, 7) is 1.64. The summed E-state index contributed by atoms with van der Waals surface area (Å²) in [6.07, 6.45) is 0.737. The molecule has 0 aliphatic carbocycles. The Bertz CT molecular complexity index is 358. The third kappa shape index (κ3) is 4.07. The standard InChI is InChI=1S/C12H18ClNO3/c1-16-11-7-9(8-14-4-3-5-15)6-10(13)12(11)17-2/h6-7,14-15H,3-5,8H2,1-2H3. The van der Waals surface area contributed by atoms with Gasteiger partial charge in [-0.3, -0.25) is 0 Å². The summed E-state index contributed by atoms with van der Waals surface area (Å²) in [4.78, 5) is 0. The molecule has 0 spiro atoms. The summed E-state index contributed by atoms with van der Waals surface area (Å²) in [6, 6.07) is 3.73. The number of methoxy groups -OCH3 is 2. The number of nitrogens with one attached hydrogen (secondary N) is 1. The highest BCUT2D eigenvalue weighted by Gasteiger charge is 2.10. The number of aliphatic hydroxyl groups excluding tert-OH is 1. The molecule has 1 aromatic carbocycles. The summed E-state index contributed by atoms with van der Waals surface area (Å²) in [5.74, 6) is 1.17. The van der Waals surface area contributed by atoms with Crippen LogP contribution in [-0.4, -0.2) is 32.5 Å². The van der Waals surface area contributed by atoms with Gasteiger partial charge in [0, 0.05) is 13.2 Å². The van der Waals surface area contributed by atoms with Crippen molar-refractivity contribution in [1.29, 1.82) is 0 Å². The average molecular weight is 260 g/mol. The molecule has 0 heterocycles. The fraction of sp³-hybridized carbons (Fsp3) is 0.500. The van der Waals surface area contributed by atoms with Crippen molar-refractivity contribution >= 4 is 11.6 Å². The molecular weight excluding hydrogens is 242 g/mol. The summed E-state index contributed by atoms with van der Waals surface area (Å²) < 4.78 is 10.4. The average Bonchev–Trinajstić information content (AvgIpc) is 2.34. The second-order valence-corrected chi connectivity index (χ2v) is 3.97. The minimum atomic E-state index is 0.194. The first-order chi connectivity index (χ1) is 8.22. The van der Waals surface area contributed by atoms with Crippen LogP contribution in [0.3, 0.4) is 0 Å². The molecule has 0 saturated heterocycles. The van der Waals surface area contributed by atoms with Crippen molar-refractivity contribution in [3.8, 4) is 11.5 Å². The Morgan fingerprint density at radius 3 is 2.65 bits per heavy atom. The van der Waals surface area contributed by atoms with Crippen LogP contribution in [0.5, 0.6) is 11.5 Å². The molecule has 0 aromatic heterocycles. The van der Waals surface area contributed by atoms with E-state index in [0.717, 1.165) is 18.5 Å². The lowest BCUT2D eigenvalue weighted by molar-refractivity contribution is 0.286. The molecule has 0 bridgehead atoms. The van der Waals surface area contributed by atoms with E-state index in [1.54, 1.807) is 14.2 Å². The fourth-order valence-electron chi connectivity index (χ4n) is 1.51. The maximum Gasteiger partial charge on any atom is 0.179 e. The number of hydrogen-bond acceptors (Lipinski definition) is 4. The van der Waals surface area contributed by atoms with E-state index in [1.165, 1.54) is 0 Å². The largest absolute Gasteiger partial charge is 0.493 e. The van der Waals surface area contributed by atoms with Gasteiger partial charge in [0.05, 0.1) is 19.2 Å². The number of halogens is 1. The maximum atomic E-state index is 8.66. The van der Waals surface area contributed by atoms with Crippen molar-refractivity contribution in [3.63, 3.8) is 0 Å². The first-order valence-electron chi connectivity index (χ1n) is 5.45. The Hall–Kier alpha value is -0.970. The Balaban J connectivity index is 2.70. The number of benzene rings is 1. The van der Waals surface area contributed by atoms with Crippen LogP contribution < -0.4 is 14.8 Å². The Morgan fingerprint density at radius 2 is 2.06 bits per heavy atom. The molecular formula is C12H18ClNO3. The number of rotatable bonds is 7. The Morgan fingerprint density at radius 1 is 1.29 bits per heavy atom. The van der Waals surface area contributed by atoms with Gasteiger partial charge in [0.15, 0.2) is 11.5 Å². The second-order valence-electron chi connectivity index (χ2n) is 3.57. The van der Waals surface area contributed by atoms with Gasteiger partial charge in [-0.25, -0.2) is 0 Å². The van der Waals surface area contributed by atoms with E-state index in [4.69, 9.17) is 26.2 Å². The molecule has 5 heteroatoms. The van der Waals surface area contributed by atoms with E-state index < -0.39 is 0 Å². The molecule has 0 saturated carbocycles. The second kappa shape index (κ2) is 7.37. The first-order valence-corrected chi connectivity index (χ1v) is 5.82. The predicted molar refractivity (Wildman–Crippen MR) is 68.0 cm³/mol. The highest BCUT2D eigenvalue weighted by atomic mass is 35.5. The molecule has 1 rings (SSSR count). The zero-order valence-corrected chi connectivity index (χ0v) is 10.9. The molecule has 0 amide bonds. The SMILES string of the molecule is COc1cc(CNCCCO)cc(Cl)c1OC. The quantitative estimate of drug-likeness (QED) is 0.734. The van der Waals surface area contributed by atoms with Crippen LogP contribution in [-0.2, 0) is 6.54 Å². The van der Waals surface area contributed by atoms with Crippen molar-refractivity contribution in [3.05, 3.63) is 22.7 Å². The van der Waals surface area contributed by atoms with E-state index in [-0.39, 0.29) is 6.61 Å². The van der Waals surface area contributed by atoms with E-state index in [9.17, 15) is 0 Å². The van der Waals surface area contributed by atoms with Crippen LogP contribution >= 0.6 is 11.6 Å². The highest BCUT2D eigenvalue weighted by Crippen LogP contribution is 2.35. The number of ether oxygens (including phenoxy) is 2. The first kappa shape index (κ1) is 14.1. The van der Waals surface area contributed by atoms with Crippen LogP contribution in [0.15, 0.2) is 12.1 Å². The molecule has 0 unspecified atom stereocenters. The zero-order valence-electron chi connectivity index (χ0n) is 10.1. The summed E-state index contributed by atoms with van der Waals surface area (Å²) >= 11 is 6.08. The molecule has 96 valence electrons. The third-order valence-corrected chi connectivity index (χ3v) is 2.61. The van der Waals surface area contributed by atoms with Crippen molar-refractivity contribution in [2.45, 2.75) is 13.0 Å². The van der Waals surface area contributed by atoms with E-state index in [1.807, 2.05) is 12.1 Å². The van der Waals surface area contributed by atoms with Gasteiger partial charge in [-0.05, 0) is 30.7 Å². The van der Waals surface area contributed by atoms with Crippen LogP contribution in [0.1, 0.15) is 12.0 Å². The normalized spacial score (nSPS) is 10.4. The monoisotopic (exact) mass is 259 g/mol. The summed E-state index contributed by atoms with van der Waals surface area (Å²) in [5.41, 5.74) is 1.02. The van der Waals surface area contributed by atoms with Gasteiger partial charge in [-0.2, -0.15) is 0 Å². The Labute approximate surface area is 106 Å². The molecule has 1 aromatic rings. The zero-order chi connectivity index (χ0) is 12.7. The van der Waals surface area contributed by atoms with E-state index in [2.05, 4.69) is 5.32 Å². The van der Waals surface area contributed by atoms with Crippen LogP contribution in [0.4, 0.5) is 0 Å². The van der Waals surface area contributed by atoms with Gasteiger partial charge in [0.1, 0.15) is 0 Å². The highest BCUT2D eigenvalue weighted by molar-refractivity contribution is 6.32. The lowest BCUT2D eigenvalue weighted by atomic mass is 10.2. The predicted octanol–water partition coefficient (Wildman–Crippen LogP) is 1.83. The van der Waals surface area contributed by atoms with Gasteiger partial charge < -0.3 is 19.9 Å². The summed E-state index contributed by atoms with van der Waals surface area (Å²) in [5, 5.41) is 12.4. The molecule has 17 heavy (non-hydrogen) atoms. The molecule has 0 radical (unpaired) electrons. The topological polar surface area (TPSA) is 50.7 Å². The van der Waals surface area contributed by atoms with E-state index in [0.29, 0.717) is 23.1 Å². The van der Waals surface area contributed by atoms with E-state index >= 15 is 0 Å². The molecule has 0 atom stereocenters. The van der Waals surface area contributed by atoms with Crippen molar-refractivity contribution < 1.29 is 14.6 Å². The lowest BCUT2D eigenvalue weighted by Crippen LogP contribution is -2.15. The third-order valence-electron chi connectivity index (χ3n) is 2.33. The van der Waals surface area contributed by atoms with Gasteiger partial charge in [-0.15, -0.1) is 0 Å². The van der Waals surface area contributed by atoms with Crippen LogP contribution in [0, 0.1) is 0 Å². The molecule has 0 fully saturated rings. The van der Waals surface area contributed by atoms with Gasteiger partial charge in [-0.1, -0.05) is 11.6 Å². The summed E-state index contributed by atoms with van der Waals surface area (Å²) in [7, 11) is 3.14. The molecule has 0 aliphatic heterocycles. The molecule has 4 nitrogen and oxygen atoms in total. The fourth-order valence-corrected chi connectivity index (χ4v) is 1.82. The molecule has 2 N–H and O–H groups in total. The van der Waals surface area contributed by atoms with Gasteiger partial charge in [0.25, 0.3) is 0 Å².